The van der Waals surface area contributed by atoms with E-state index in [-0.39, 0.29) is 6.42 Å². The van der Waals surface area contributed by atoms with Crippen molar-refractivity contribution in [3.05, 3.63) is 0 Å². The van der Waals surface area contributed by atoms with Crippen LogP contribution in [0.4, 0.5) is 0 Å². The molecule has 16 bridgehead atoms. The molecule has 1 unspecified atom stereocenters. The molecule has 97 heavy (non-hydrogen) atoms. The number of hydrogen-bond acceptors (Lipinski definition) is 41. The van der Waals surface area contributed by atoms with E-state index in [0.29, 0.717) is 0 Å². The molecule has 30 fully saturated rings. The van der Waals surface area contributed by atoms with Gasteiger partial charge in [0.25, 0.3) is 0 Å². The maximum absolute atomic E-state index is 13.1. The van der Waals surface area contributed by atoms with Crippen molar-refractivity contribution < 1.29 is 208 Å². The van der Waals surface area contributed by atoms with E-state index in [0.717, 1.165) is 0 Å². The molecule has 0 aliphatic carbocycles. The van der Waals surface area contributed by atoms with Crippen molar-refractivity contribution in [1.82, 2.24) is 5.32 Å². The van der Waals surface area contributed by atoms with Crippen molar-refractivity contribution in [3.8, 4) is 0 Å². The van der Waals surface area contributed by atoms with Crippen LogP contribution >= 0.6 is 0 Å². The van der Waals surface area contributed by atoms with Gasteiger partial charge in [-0.15, -0.1) is 0 Å². The van der Waals surface area contributed by atoms with Crippen LogP contribution in [0.15, 0.2) is 0 Å². The van der Waals surface area contributed by atoms with E-state index in [1.54, 1.807) is 0 Å². The van der Waals surface area contributed by atoms with Crippen molar-refractivity contribution in [3.63, 3.8) is 0 Å². The Labute approximate surface area is 548 Å². The maximum Gasteiger partial charge on any atom is 0.306 e. The number of hydrogen-bond donors (Lipinski definition) is 25. The van der Waals surface area contributed by atoms with Crippen molar-refractivity contribution in [2.24, 2.45) is 5.92 Å². The van der Waals surface area contributed by atoms with E-state index in [4.69, 9.17) is 75.8 Å². The topological polar surface area (TPSA) is 679 Å². The number of amides is 1. The van der Waals surface area contributed by atoms with E-state index in [1.165, 1.54) is 6.92 Å². The monoisotopic (exact) mass is 1420 g/mol. The quantitative estimate of drug-likeness (QED) is 0.0814. The summed E-state index contributed by atoms with van der Waals surface area (Å²) in [5.41, 5.74) is 0. The standard InChI is InChI=1S/C54H89NO42/c1-12(46(80)81)2-3-21(63)55-4-13-38-22(64)30(72)47(82-13)91-39-14(5-56)84-49(32(74)24(39)66)93-41-16(7-58)86-51(34(76)26(41)68)95-43-18(9-60)88-53(36(78)28(43)70)97-45-20(11-62)89-54(37(79)29(45)71)96-44-19(10-61)87-52(35(77)27(44)69)94-42-17(8-59)85-50(33(75)25(42)67)92-40-15(6-57)83-48(90-38)31(73)23(40)65/h12-20,22-45,47-54,56-62,64-79H,2-11H2,1H3,(H,55,63)(H,80,81)/t12?,13-,14-,15-,16-,17-,18-,19-,20-,22-,23-,24-,25-,26-,27-,28-,29-,30-,31-,32-,33-,34-,35-,36-,37-,38-,39-,40-,41-,42-,43-,44-,45-,47-,48-,49-,50-,51-,52-,53-,54-/m1/s1. The summed E-state index contributed by atoms with van der Waals surface area (Å²) in [5, 5.41) is 269. The SMILES string of the molecule is CC(CCC(=O)NC[C@H]1O[C@@H]2O[C@H]3[C@H](O)[C@@H](O)[C@@H](O[C@H]4[C@H](O)[C@@H](O)[C@@H](O[C@H]5[C@H](O)[C@@H](O)[C@@H](O[C@H]6[C@H](O)[C@@H](O)[C@@H](O[C@H]7[C@H](O)[C@@H](O)[C@@H](O[C@H]8[C@H](O)[C@@H](O)[C@@H](O[C@H]9[C@H](O)[C@@H](O)[C@@H](O[C@H]1[C@H](O)[C@H]2O)O[C@@H]9CO)O[C@@H]8CO)O[C@@H]7CO)O[C@@H]6CO)O[C@@H]5CO)O[C@@H]4CO)O[C@@H]3CO)C(=O)O. The summed E-state index contributed by atoms with van der Waals surface area (Å²) < 4.78 is 92.2. The minimum Gasteiger partial charge on any atom is -0.481 e. The van der Waals surface area contributed by atoms with Gasteiger partial charge >= 0.3 is 5.97 Å². The number of aliphatic carboxylic acids is 1. The van der Waals surface area contributed by atoms with Crippen LogP contribution in [0.1, 0.15) is 19.8 Å². The van der Waals surface area contributed by atoms with Crippen LogP contribution in [-0.4, -0.2) is 433 Å². The molecule has 30 aliphatic rings. The van der Waals surface area contributed by atoms with Crippen LogP contribution in [-0.2, 0) is 85.4 Å². The normalized spacial score (nSPS) is 51.5. The lowest BCUT2D eigenvalue weighted by Crippen LogP contribution is -2.69. The Morgan fingerprint density at radius 3 is 0.608 bits per heavy atom. The molecule has 0 aromatic carbocycles. The van der Waals surface area contributed by atoms with Crippen molar-refractivity contribution in [2.75, 3.05) is 52.8 Å². The largest absolute Gasteiger partial charge is 0.481 e. The third-order valence-electron chi connectivity index (χ3n) is 18.4. The minimum absolute atomic E-state index is 0.184. The molecule has 30 rings (SSSR count). The van der Waals surface area contributed by atoms with Gasteiger partial charge in [0.05, 0.1) is 52.2 Å². The van der Waals surface area contributed by atoms with Crippen molar-refractivity contribution >= 4 is 11.9 Å². The molecule has 41 atom stereocenters. The van der Waals surface area contributed by atoms with Crippen LogP contribution in [0.3, 0.4) is 0 Å². The summed E-state index contributed by atoms with van der Waals surface area (Å²) in [4.78, 5) is 24.6. The Bertz CT molecular complexity index is 2450. The Kier molecular flexibility index (Phi) is 27.4. The molecule has 25 N–H and O–H groups in total. The first-order valence-electron chi connectivity index (χ1n) is 31.2. The molecule has 0 aromatic heterocycles. The van der Waals surface area contributed by atoms with Gasteiger partial charge in [0, 0.05) is 13.0 Å². The molecule has 1 amide bonds. The van der Waals surface area contributed by atoms with Crippen LogP contribution in [0, 0.1) is 5.92 Å². The fourth-order valence-electron chi connectivity index (χ4n) is 12.7. The third kappa shape index (κ3) is 16.5. The summed E-state index contributed by atoms with van der Waals surface area (Å²) in [5.74, 6) is -3.05. The number of aliphatic hydroxyl groups is 23. The molecule has 30 saturated heterocycles. The second kappa shape index (κ2) is 33.9. The molecule has 43 nitrogen and oxygen atoms in total. The average molecular weight is 1420 g/mol. The predicted octanol–water partition coefficient (Wildman–Crippen LogP) is -16.8. The molecule has 562 valence electrons. The lowest BCUT2D eigenvalue weighted by Gasteiger charge is -2.50. The minimum atomic E-state index is -2.33. The molecule has 30 aliphatic heterocycles. The zero-order chi connectivity index (χ0) is 70.9. The number of aliphatic hydroxyl groups excluding tert-OH is 23. The van der Waals surface area contributed by atoms with E-state index in [2.05, 4.69) is 5.32 Å². The number of carbonyl (C=O) groups is 2. The third-order valence-corrected chi connectivity index (χ3v) is 18.4. The highest BCUT2D eigenvalue weighted by atomic mass is 16.8. The molecule has 0 radical (unpaired) electrons. The van der Waals surface area contributed by atoms with Gasteiger partial charge < -0.3 is 204 Å². The first-order valence-corrected chi connectivity index (χ1v) is 31.2. The van der Waals surface area contributed by atoms with Gasteiger partial charge in [-0.1, -0.05) is 6.92 Å². The fraction of sp³-hybridized carbons (Fsp3) is 0.963. The van der Waals surface area contributed by atoms with Crippen molar-refractivity contribution in [1.29, 1.82) is 0 Å². The zero-order valence-electron chi connectivity index (χ0n) is 51.3. The summed E-state index contributed by atoms with van der Waals surface area (Å²) in [6.07, 6.45) is -84.3. The number of ether oxygens (including phenoxy) is 16. The lowest BCUT2D eigenvalue weighted by molar-refractivity contribution is -0.403. The van der Waals surface area contributed by atoms with E-state index < -0.39 is 323 Å². The first kappa shape index (κ1) is 78.5. The predicted molar refractivity (Wildman–Crippen MR) is 293 cm³/mol. The smallest absolute Gasteiger partial charge is 0.306 e. The molecule has 0 aromatic rings. The molecule has 0 saturated carbocycles. The fourth-order valence-corrected chi connectivity index (χ4v) is 12.7. The van der Waals surface area contributed by atoms with E-state index in [1.807, 2.05) is 0 Å². The Morgan fingerprint density at radius 2 is 0.443 bits per heavy atom. The van der Waals surface area contributed by atoms with Gasteiger partial charge in [-0.25, -0.2) is 0 Å². The van der Waals surface area contributed by atoms with Gasteiger partial charge in [-0.2, -0.15) is 0 Å². The molecule has 0 spiro atoms. The Hall–Kier alpha value is -2.62. The van der Waals surface area contributed by atoms with Crippen LogP contribution in [0.2, 0.25) is 0 Å². The summed E-state index contributed by atoms with van der Waals surface area (Å²) in [6.45, 7) is -7.19. The summed E-state index contributed by atoms with van der Waals surface area (Å²) in [7, 11) is 0. The van der Waals surface area contributed by atoms with Crippen LogP contribution < -0.4 is 5.32 Å². The first-order chi connectivity index (χ1) is 46.1. The highest BCUT2D eigenvalue weighted by molar-refractivity contribution is 5.77. The number of carbonyl (C=O) groups excluding carboxylic acids is 1. The van der Waals surface area contributed by atoms with Crippen molar-refractivity contribution in [2.45, 2.75) is 265 Å². The molecular formula is C54H89NO42. The van der Waals surface area contributed by atoms with Gasteiger partial charge in [0.15, 0.2) is 50.3 Å². The Balaban J connectivity index is 0.996. The number of carboxylic acids is 1. The van der Waals surface area contributed by atoms with Crippen LogP contribution in [0.25, 0.3) is 0 Å². The summed E-state index contributed by atoms with van der Waals surface area (Å²) >= 11 is 0. The Morgan fingerprint density at radius 1 is 0.278 bits per heavy atom. The maximum atomic E-state index is 13.1. The van der Waals surface area contributed by atoms with E-state index in [9.17, 15) is 132 Å². The number of nitrogens with one attached hydrogen (secondary N) is 1. The van der Waals surface area contributed by atoms with Gasteiger partial charge in [0.1, 0.15) is 195 Å². The molecule has 30 heterocycles. The zero-order valence-corrected chi connectivity index (χ0v) is 51.3. The second-order valence-corrected chi connectivity index (χ2v) is 24.9. The average Bonchev–Trinajstić information content (AvgIpc) is 0.793. The number of carboxylic acid groups (broad SMARTS) is 1. The van der Waals surface area contributed by atoms with Gasteiger partial charge in [0.2, 0.25) is 5.91 Å². The van der Waals surface area contributed by atoms with E-state index >= 15 is 0 Å². The molecule has 43 heteroatoms. The van der Waals surface area contributed by atoms with Crippen LogP contribution in [0.5, 0.6) is 0 Å². The van der Waals surface area contributed by atoms with Gasteiger partial charge in [-0.05, 0) is 6.42 Å². The highest BCUT2D eigenvalue weighted by Crippen LogP contribution is 2.40. The lowest BCUT2D eigenvalue weighted by atomic mass is 9.94. The number of rotatable bonds is 13. The molecular weight excluding hydrogens is 1330 g/mol. The summed E-state index contributed by atoms with van der Waals surface area (Å²) in [6, 6.07) is 0. The van der Waals surface area contributed by atoms with Gasteiger partial charge in [-0.3, -0.25) is 9.59 Å². The second-order valence-electron chi connectivity index (χ2n) is 24.9. The highest BCUT2D eigenvalue weighted by Gasteiger charge is 2.60.